The third kappa shape index (κ3) is 8.11. The number of hydrogen-bond donors (Lipinski definition) is 0. The van der Waals surface area contributed by atoms with Gasteiger partial charge in [0.2, 0.25) is 0 Å². The summed E-state index contributed by atoms with van der Waals surface area (Å²) in [6, 6.07) is 11.8. The van der Waals surface area contributed by atoms with Gasteiger partial charge in [0.05, 0.1) is 11.4 Å². The summed E-state index contributed by atoms with van der Waals surface area (Å²) in [7, 11) is 0. The van der Waals surface area contributed by atoms with E-state index in [-0.39, 0.29) is 5.38 Å². The first-order valence-electron chi connectivity index (χ1n) is 4.68. The summed E-state index contributed by atoms with van der Waals surface area (Å²) in [4.78, 5) is 0. The zero-order valence-electron chi connectivity index (χ0n) is 8.81. The Kier molecular flexibility index (Phi) is 9.50. The van der Waals surface area contributed by atoms with Gasteiger partial charge in [-0.1, -0.05) is 49.1 Å². The Hall–Kier alpha value is -1.23. The third-order valence-electron chi connectivity index (χ3n) is 1.56. The van der Waals surface area contributed by atoms with Crippen molar-refractivity contribution in [3.63, 3.8) is 0 Å². The van der Waals surface area contributed by atoms with Crippen LogP contribution in [-0.4, -0.2) is 11.3 Å². The smallest absolute Gasteiger partial charge is 0.0909 e. The quantitative estimate of drug-likeness (QED) is 0.584. The van der Waals surface area contributed by atoms with Gasteiger partial charge < -0.3 is 0 Å². The zero-order chi connectivity index (χ0) is 12.2. The summed E-state index contributed by atoms with van der Waals surface area (Å²) in [5.41, 5.74) is 1.17. The number of halogens is 2. The fraction of sp³-hybridized carbons (Fsp3) is 0.154. The van der Waals surface area contributed by atoms with Gasteiger partial charge in [-0.15, -0.1) is 23.2 Å². The molecule has 3 heteroatoms. The Morgan fingerprint density at radius 2 is 2.00 bits per heavy atom. The molecule has 0 aliphatic carbocycles. The van der Waals surface area contributed by atoms with Crippen LogP contribution in [0.3, 0.4) is 0 Å². The molecule has 1 rings (SSSR count). The molecular formula is C13H13Cl2N. The fourth-order valence-corrected chi connectivity index (χ4v) is 0.964. The first kappa shape index (κ1) is 14.8. The monoisotopic (exact) mass is 253 g/mol. The van der Waals surface area contributed by atoms with Crippen molar-refractivity contribution in [2.24, 2.45) is 0 Å². The second-order valence-corrected chi connectivity index (χ2v) is 3.64. The number of nitrogens with zero attached hydrogens (tertiary/aromatic N) is 1. The van der Waals surface area contributed by atoms with E-state index >= 15 is 0 Å². The van der Waals surface area contributed by atoms with Gasteiger partial charge in [0.1, 0.15) is 0 Å². The molecule has 0 aromatic heterocycles. The first-order valence-corrected chi connectivity index (χ1v) is 5.65. The van der Waals surface area contributed by atoms with E-state index < -0.39 is 0 Å². The van der Waals surface area contributed by atoms with Crippen molar-refractivity contribution in [2.45, 2.75) is 5.38 Å². The molecule has 0 saturated carbocycles. The summed E-state index contributed by atoms with van der Waals surface area (Å²) >= 11 is 10.8. The largest absolute Gasteiger partial charge is 0.193 e. The summed E-state index contributed by atoms with van der Waals surface area (Å²) in [5.74, 6) is 0.347. The summed E-state index contributed by atoms with van der Waals surface area (Å²) in [6.45, 7) is 3.63. The number of alkyl halides is 2. The van der Waals surface area contributed by atoms with E-state index in [2.05, 4.69) is 6.58 Å². The van der Waals surface area contributed by atoms with Crippen LogP contribution in [0.1, 0.15) is 5.56 Å². The number of benzene rings is 1. The van der Waals surface area contributed by atoms with Gasteiger partial charge in [0, 0.05) is 12.0 Å². The highest BCUT2D eigenvalue weighted by atomic mass is 35.5. The standard InChI is InChI=1S/C8H8.C5H5Cl2N/c1-2-8-6-4-3-5-7-8;6-4-5(7)2-1-3-8/h2-7H,1H2;1-2,5H,4H2. The van der Waals surface area contributed by atoms with E-state index in [1.165, 1.54) is 11.6 Å². The van der Waals surface area contributed by atoms with E-state index in [1.54, 1.807) is 6.08 Å². The highest BCUT2D eigenvalue weighted by Crippen LogP contribution is 1.99. The lowest BCUT2D eigenvalue weighted by Gasteiger charge is -1.90. The van der Waals surface area contributed by atoms with Gasteiger partial charge >= 0.3 is 0 Å². The molecule has 1 unspecified atom stereocenters. The molecule has 0 aliphatic heterocycles. The fourth-order valence-electron chi connectivity index (χ4n) is 0.788. The Labute approximate surface area is 107 Å². The maximum atomic E-state index is 7.97. The molecule has 0 amide bonds. The normalized spacial score (nSPS) is 11.1. The van der Waals surface area contributed by atoms with E-state index in [1.807, 2.05) is 42.5 Å². The first-order chi connectivity index (χ1) is 7.74. The van der Waals surface area contributed by atoms with Gasteiger partial charge in [-0.3, -0.25) is 0 Å². The van der Waals surface area contributed by atoms with Crippen LogP contribution in [0.25, 0.3) is 6.08 Å². The van der Waals surface area contributed by atoms with Crippen LogP contribution >= 0.6 is 23.2 Å². The topological polar surface area (TPSA) is 23.8 Å². The molecule has 0 bridgehead atoms. The minimum absolute atomic E-state index is 0.212. The van der Waals surface area contributed by atoms with Crippen LogP contribution in [0.2, 0.25) is 0 Å². The van der Waals surface area contributed by atoms with Crippen LogP contribution in [0.15, 0.2) is 49.1 Å². The van der Waals surface area contributed by atoms with Crippen LogP contribution in [0.4, 0.5) is 0 Å². The van der Waals surface area contributed by atoms with Crippen LogP contribution < -0.4 is 0 Å². The van der Waals surface area contributed by atoms with E-state index in [9.17, 15) is 0 Å². The van der Waals surface area contributed by atoms with Crippen molar-refractivity contribution in [3.8, 4) is 6.07 Å². The van der Waals surface area contributed by atoms with Crippen molar-refractivity contribution in [1.82, 2.24) is 0 Å². The zero-order valence-corrected chi connectivity index (χ0v) is 10.3. The Balaban J connectivity index is 0.000000281. The minimum Gasteiger partial charge on any atom is -0.193 e. The molecule has 0 N–H and O–H groups in total. The highest BCUT2D eigenvalue weighted by Gasteiger charge is 1.92. The van der Waals surface area contributed by atoms with Crippen molar-refractivity contribution in [3.05, 3.63) is 54.6 Å². The Morgan fingerprint density at radius 1 is 1.38 bits per heavy atom. The van der Waals surface area contributed by atoms with Gasteiger partial charge in [0.15, 0.2) is 0 Å². The third-order valence-corrected chi connectivity index (χ3v) is 2.35. The van der Waals surface area contributed by atoms with Crippen molar-refractivity contribution in [1.29, 1.82) is 5.26 Å². The molecule has 1 nitrogen and oxygen atoms in total. The second kappa shape index (κ2) is 10.3. The van der Waals surface area contributed by atoms with E-state index in [4.69, 9.17) is 28.5 Å². The Bertz CT molecular complexity index is 352. The SMILES string of the molecule is C=Cc1ccccc1.N#CC=CC(Cl)CCl. The summed E-state index contributed by atoms with van der Waals surface area (Å²) in [5, 5.41) is 7.76. The van der Waals surface area contributed by atoms with Crippen molar-refractivity contribution >= 4 is 29.3 Å². The minimum atomic E-state index is -0.212. The van der Waals surface area contributed by atoms with E-state index in [0.29, 0.717) is 5.88 Å². The van der Waals surface area contributed by atoms with Crippen LogP contribution in [-0.2, 0) is 0 Å². The molecule has 0 fully saturated rings. The van der Waals surface area contributed by atoms with Gasteiger partial charge in [0.25, 0.3) is 0 Å². The molecule has 0 saturated heterocycles. The average molecular weight is 254 g/mol. The molecule has 84 valence electrons. The molecule has 0 heterocycles. The second-order valence-electron chi connectivity index (χ2n) is 2.77. The Morgan fingerprint density at radius 3 is 2.38 bits per heavy atom. The predicted octanol–water partition coefficient (Wildman–Crippen LogP) is 4.24. The summed E-state index contributed by atoms with van der Waals surface area (Å²) < 4.78 is 0. The summed E-state index contributed by atoms with van der Waals surface area (Å²) in [6.07, 6.45) is 4.70. The number of allylic oxidation sites excluding steroid dienone is 2. The lowest BCUT2D eigenvalue weighted by molar-refractivity contribution is 1.24. The number of hydrogen-bond acceptors (Lipinski definition) is 1. The highest BCUT2D eigenvalue weighted by molar-refractivity contribution is 6.28. The predicted molar refractivity (Wildman–Crippen MR) is 71.6 cm³/mol. The lowest BCUT2D eigenvalue weighted by Crippen LogP contribution is -1.92. The molecule has 1 aromatic carbocycles. The van der Waals surface area contributed by atoms with Gasteiger partial charge in [-0.05, 0) is 5.56 Å². The lowest BCUT2D eigenvalue weighted by atomic mass is 10.2. The van der Waals surface area contributed by atoms with E-state index in [0.717, 1.165) is 0 Å². The number of rotatable bonds is 3. The molecule has 1 atom stereocenters. The number of nitriles is 1. The maximum absolute atomic E-state index is 7.97. The average Bonchev–Trinajstić information content (AvgIpc) is 2.37. The van der Waals surface area contributed by atoms with Gasteiger partial charge in [-0.2, -0.15) is 5.26 Å². The molecular weight excluding hydrogens is 241 g/mol. The van der Waals surface area contributed by atoms with Crippen LogP contribution in [0.5, 0.6) is 0 Å². The van der Waals surface area contributed by atoms with Crippen LogP contribution in [0, 0.1) is 11.3 Å². The maximum Gasteiger partial charge on any atom is 0.0909 e. The molecule has 1 aromatic rings. The molecule has 0 spiro atoms. The molecule has 16 heavy (non-hydrogen) atoms. The molecule has 0 radical (unpaired) electrons. The molecule has 0 aliphatic rings. The van der Waals surface area contributed by atoms with Gasteiger partial charge in [-0.25, -0.2) is 0 Å². The van der Waals surface area contributed by atoms with Crippen molar-refractivity contribution in [2.75, 3.05) is 5.88 Å². The van der Waals surface area contributed by atoms with Crippen molar-refractivity contribution < 1.29 is 0 Å².